The van der Waals surface area contributed by atoms with Crippen molar-refractivity contribution in [3.63, 3.8) is 0 Å². The van der Waals surface area contributed by atoms with Crippen LogP contribution in [0.5, 0.6) is 0 Å². The first-order valence-corrected chi connectivity index (χ1v) is 3.95. The summed E-state index contributed by atoms with van der Waals surface area (Å²) in [4.78, 5) is 11.2. The maximum absolute atomic E-state index is 11.2. The van der Waals surface area contributed by atoms with Crippen LogP contribution in [0.15, 0.2) is 24.8 Å². The average Bonchev–Trinajstić information content (AvgIpc) is 2.47. The quantitative estimate of drug-likeness (QED) is 0.495. The predicted octanol–water partition coefficient (Wildman–Crippen LogP) is 0.619. The highest BCUT2D eigenvalue weighted by molar-refractivity contribution is 5.75. The summed E-state index contributed by atoms with van der Waals surface area (Å²) in [6, 6.07) is 0.00582. The number of carbonyl (C=O) groups is 1. The first-order chi connectivity index (χ1) is 5.74. The zero-order valence-electron chi connectivity index (χ0n) is 6.90. The molecule has 1 aliphatic carbocycles. The normalized spacial score (nSPS) is 27.1. The lowest BCUT2D eigenvalue weighted by Gasteiger charge is -2.07. The molecule has 0 aromatic rings. The molecule has 2 atom stereocenters. The number of rotatable bonds is 3. The number of ether oxygens (including phenoxy) is 1. The summed E-state index contributed by atoms with van der Waals surface area (Å²) in [6.45, 7) is 3.73. The van der Waals surface area contributed by atoms with Crippen molar-refractivity contribution in [2.75, 3.05) is 6.61 Å². The SMILES string of the molecule is C=CCOC(=O)[C@@H]1C=C[C@H](N)C1. The number of hydrogen-bond acceptors (Lipinski definition) is 3. The Kier molecular flexibility index (Phi) is 3.05. The van der Waals surface area contributed by atoms with Gasteiger partial charge in [0.15, 0.2) is 0 Å². The van der Waals surface area contributed by atoms with Crippen LogP contribution in [-0.4, -0.2) is 18.6 Å². The fourth-order valence-corrected chi connectivity index (χ4v) is 1.15. The molecule has 0 fully saturated rings. The smallest absolute Gasteiger partial charge is 0.313 e. The molecule has 2 N–H and O–H groups in total. The Labute approximate surface area is 71.9 Å². The van der Waals surface area contributed by atoms with E-state index in [4.69, 9.17) is 10.5 Å². The van der Waals surface area contributed by atoms with Crippen LogP contribution >= 0.6 is 0 Å². The van der Waals surface area contributed by atoms with Gasteiger partial charge in [-0.1, -0.05) is 24.8 Å². The number of nitrogens with two attached hydrogens (primary N) is 1. The molecular formula is C9H13NO2. The summed E-state index contributed by atoms with van der Waals surface area (Å²) in [5, 5.41) is 0. The van der Waals surface area contributed by atoms with E-state index in [0.29, 0.717) is 6.42 Å². The minimum Gasteiger partial charge on any atom is -0.461 e. The van der Waals surface area contributed by atoms with Gasteiger partial charge in [0, 0.05) is 6.04 Å². The Balaban J connectivity index is 2.34. The summed E-state index contributed by atoms with van der Waals surface area (Å²) in [5.74, 6) is -0.362. The van der Waals surface area contributed by atoms with Crippen molar-refractivity contribution in [1.82, 2.24) is 0 Å². The lowest BCUT2D eigenvalue weighted by Crippen LogP contribution is -2.20. The summed E-state index contributed by atoms with van der Waals surface area (Å²) in [6.07, 6.45) is 5.85. The van der Waals surface area contributed by atoms with Crippen LogP contribution in [0, 0.1) is 5.92 Å². The van der Waals surface area contributed by atoms with Gasteiger partial charge in [0.2, 0.25) is 0 Å². The second-order valence-corrected chi connectivity index (χ2v) is 2.81. The van der Waals surface area contributed by atoms with Gasteiger partial charge in [-0.05, 0) is 6.42 Å². The Morgan fingerprint density at radius 2 is 2.50 bits per heavy atom. The predicted molar refractivity (Wildman–Crippen MR) is 46.4 cm³/mol. The average molecular weight is 167 g/mol. The maximum atomic E-state index is 11.2. The Morgan fingerprint density at radius 3 is 3.00 bits per heavy atom. The fraction of sp³-hybridized carbons (Fsp3) is 0.444. The highest BCUT2D eigenvalue weighted by Crippen LogP contribution is 2.17. The van der Waals surface area contributed by atoms with Gasteiger partial charge in [0.1, 0.15) is 6.61 Å². The Hall–Kier alpha value is -1.09. The summed E-state index contributed by atoms with van der Waals surface area (Å²) in [5.41, 5.74) is 5.58. The molecule has 0 aromatic carbocycles. The molecule has 12 heavy (non-hydrogen) atoms. The number of esters is 1. The third-order valence-electron chi connectivity index (χ3n) is 1.76. The van der Waals surface area contributed by atoms with Gasteiger partial charge in [-0.25, -0.2) is 0 Å². The van der Waals surface area contributed by atoms with E-state index in [1.807, 2.05) is 6.08 Å². The topological polar surface area (TPSA) is 52.3 Å². The van der Waals surface area contributed by atoms with Gasteiger partial charge in [-0.15, -0.1) is 0 Å². The van der Waals surface area contributed by atoms with E-state index in [2.05, 4.69) is 6.58 Å². The van der Waals surface area contributed by atoms with E-state index in [1.165, 1.54) is 0 Å². The minimum atomic E-state index is -0.209. The summed E-state index contributed by atoms with van der Waals surface area (Å²) >= 11 is 0. The van der Waals surface area contributed by atoms with Crippen molar-refractivity contribution in [2.24, 2.45) is 11.7 Å². The first kappa shape index (κ1) is 9.00. The molecule has 0 unspecified atom stereocenters. The third kappa shape index (κ3) is 2.20. The molecule has 0 amide bonds. The highest BCUT2D eigenvalue weighted by atomic mass is 16.5. The van der Waals surface area contributed by atoms with Crippen LogP contribution in [0.25, 0.3) is 0 Å². The first-order valence-electron chi connectivity index (χ1n) is 3.95. The van der Waals surface area contributed by atoms with Crippen LogP contribution in [0.3, 0.4) is 0 Å². The van der Waals surface area contributed by atoms with Crippen molar-refractivity contribution in [2.45, 2.75) is 12.5 Å². The Morgan fingerprint density at radius 1 is 1.75 bits per heavy atom. The minimum absolute atomic E-state index is 0.00582. The highest BCUT2D eigenvalue weighted by Gasteiger charge is 2.23. The van der Waals surface area contributed by atoms with Gasteiger partial charge in [-0.2, -0.15) is 0 Å². The molecule has 0 bridgehead atoms. The van der Waals surface area contributed by atoms with E-state index in [9.17, 15) is 4.79 Å². The second-order valence-electron chi connectivity index (χ2n) is 2.81. The summed E-state index contributed by atoms with van der Waals surface area (Å²) in [7, 11) is 0. The van der Waals surface area contributed by atoms with Gasteiger partial charge in [0.05, 0.1) is 5.92 Å². The van der Waals surface area contributed by atoms with Crippen LogP contribution in [0.4, 0.5) is 0 Å². The van der Waals surface area contributed by atoms with Crippen LogP contribution in [0.2, 0.25) is 0 Å². The second kappa shape index (κ2) is 4.07. The van der Waals surface area contributed by atoms with Crippen LogP contribution in [0.1, 0.15) is 6.42 Å². The lowest BCUT2D eigenvalue weighted by atomic mass is 10.1. The van der Waals surface area contributed by atoms with Crippen molar-refractivity contribution < 1.29 is 9.53 Å². The van der Waals surface area contributed by atoms with Gasteiger partial charge in [-0.3, -0.25) is 4.79 Å². The van der Waals surface area contributed by atoms with E-state index in [1.54, 1.807) is 12.2 Å². The largest absolute Gasteiger partial charge is 0.461 e. The van der Waals surface area contributed by atoms with E-state index >= 15 is 0 Å². The molecule has 0 aromatic heterocycles. The van der Waals surface area contributed by atoms with Crippen molar-refractivity contribution in [3.8, 4) is 0 Å². The Bertz CT molecular complexity index is 211. The number of hydrogen-bond donors (Lipinski definition) is 1. The molecule has 3 nitrogen and oxygen atoms in total. The molecule has 0 saturated carbocycles. The standard InChI is InChI=1S/C9H13NO2/c1-2-5-12-9(11)7-3-4-8(10)6-7/h2-4,7-8H,1,5-6,10H2/t7-,8+/m1/s1. The maximum Gasteiger partial charge on any atom is 0.313 e. The summed E-state index contributed by atoms with van der Waals surface area (Å²) < 4.78 is 4.86. The van der Waals surface area contributed by atoms with E-state index in [0.717, 1.165) is 0 Å². The van der Waals surface area contributed by atoms with Gasteiger partial charge >= 0.3 is 5.97 Å². The zero-order valence-corrected chi connectivity index (χ0v) is 6.90. The molecule has 3 heteroatoms. The third-order valence-corrected chi connectivity index (χ3v) is 1.76. The molecule has 0 aliphatic heterocycles. The molecule has 0 saturated heterocycles. The molecule has 1 aliphatic rings. The van der Waals surface area contributed by atoms with Crippen LogP contribution in [-0.2, 0) is 9.53 Å². The van der Waals surface area contributed by atoms with Crippen molar-refractivity contribution in [1.29, 1.82) is 0 Å². The lowest BCUT2D eigenvalue weighted by molar-refractivity contribution is -0.145. The number of carbonyl (C=O) groups excluding carboxylic acids is 1. The molecule has 0 spiro atoms. The molecular weight excluding hydrogens is 154 g/mol. The van der Waals surface area contributed by atoms with Gasteiger partial charge < -0.3 is 10.5 Å². The molecule has 1 rings (SSSR count). The molecule has 0 radical (unpaired) electrons. The fourth-order valence-electron chi connectivity index (χ4n) is 1.15. The van der Waals surface area contributed by atoms with Crippen LogP contribution < -0.4 is 5.73 Å². The monoisotopic (exact) mass is 167 g/mol. The van der Waals surface area contributed by atoms with Crippen molar-refractivity contribution >= 4 is 5.97 Å². The zero-order chi connectivity index (χ0) is 8.97. The van der Waals surface area contributed by atoms with Gasteiger partial charge in [0.25, 0.3) is 0 Å². The molecule has 0 heterocycles. The van der Waals surface area contributed by atoms with Crippen molar-refractivity contribution in [3.05, 3.63) is 24.8 Å². The molecule has 66 valence electrons. The van der Waals surface area contributed by atoms with E-state index in [-0.39, 0.29) is 24.5 Å². The van der Waals surface area contributed by atoms with E-state index < -0.39 is 0 Å².